The second-order valence-electron chi connectivity index (χ2n) is 11.5. The number of carbonyl (C=O) groups excluding carboxylic acids is 1. The Labute approximate surface area is 244 Å². The minimum Gasteiger partial charge on any atom is -0.481 e. The number of aromatic nitrogens is 1. The first-order chi connectivity index (χ1) is 20.0. The third-order valence-corrected chi connectivity index (χ3v) is 7.32. The predicted octanol–water partition coefficient (Wildman–Crippen LogP) is 6.15. The molecule has 1 fully saturated rings. The lowest BCUT2D eigenvalue weighted by Gasteiger charge is -2.39. The second-order valence-corrected chi connectivity index (χ2v) is 11.5. The molecule has 0 radical (unpaired) electrons. The second kappa shape index (κ2) is 13.6. The van der Waals surface area contributed by atoms with E-state index in [4.69, 9.17) is 9.47 Å². The molecule has 226 valence electrons. The van der Waals surface area contributed by atoms with Crippen molar-refractivity contribution in [3.8, 4) is 5.88 Å². The van der Waals surface area contributed by atoms with Gasteiger partial charge in [0, 0.05) is 60.7 Å². The molecule has 0 spiro atoms. The quantitative estimate of drug-likeness (QED) is 0.325. The van der Waals surface area contributed by atoms with Crippen molar-refractivity contribution in [2.45, 2.75) is 51.2 Å². The molecule has 1 N–H and O–H groups in total. The molecule has 1 unspecified atom stereocenters. The number of pyridine rings is 1. The van der Waals surface area contributed by atoms with Crippen molar-refractivity contribution < 1.29 is 32.5 Å². The van der Waals surface area contributed by atoms with Crippen molar-refractivity contribution in [1.82, 2.24) is 14.8 Å². The lowest BCUT2D eigenvalue weighted by Crippen LogP contribution is -2.49. The zero-order chi connectivity index (χ0) is 30.4. The van der Waals surface area contributed by atoms with Crippen molar-refractivity contribution in [3.63, 3.8) is 0 Å². The van der Waals surface area contributed by atoms with Gasteiger partial charge in [-0.25, -0.2) is 22.9 Å². The predicted molar refractivity (Wildman–Crippen MR) is 156 cm³/mol. The van der Waals surface area contributed by atoms with Gasteiger partial charge in [-0.3, -0.25) is 0 Å². The molecule has 3 aromatic rings. The van der Waals surface area contributed by atoms with E-state index in [1.165, 1.54) is 19.3 Å². The number of nitrogens with zero attached hydrogens (tertiary/aromatic N) is 3. The van der Waals surface area contributed by atoms with E-state index < -0.39 is 35.1 Å². The Morgan fingerprint density at radius 2 is 1.81 bits per heavy atom. The Morgan fingerprint density at radius 1 is 1.12 bits per heavy atom. The summed E-state index contributed by atoms with van der Waals surface area (Å²) in [4.78, 5) is 21.4. The van der Waals surface area contributed by atoms with E-state index in [0.717, 1.165) is 23.6 Å². The van der Waals surface area contributed by atoms with Crippen LogP contribution in [0.5, 0.6) is 5.88 Å². The van der Waals surface area contributed by atoms with Crippen molar-refractivity contribution in [2.24, 2.45) is 0 Å². The minimum absolute atomic E-state index is 0.0942. The smallest absolute Gasteiger partial charge is 0.410 e. The zero-order valence-electron chi connectivity index (χ0n) is 24.4. The first kappa shape index (κ1) is 31.3. The molecule has 0 aliphatic carbocycles. The zero-order valence-corrected chi connectivity index (χ0v) is 24.4. The van der Waals surface area contributed by atoms with Crippen LogP contribution in [0.3, 0.4) is 0 Å². The van der Waals surface area contributed by atoms with E-state index in [9.17, 15) is 18.7 Å². The van der Waals surface area contributed by atoms with Crippen LogP contribution in [0.1, 0.15) is 50.7 Å². The van der Waals surface area contributed by atoms with Crippen molar-refractivity contribution in [2.75, 3.05) is 39.9 Å². The Kier molecular flexibility index (Phi) is 10.1. The van der Waals surface area contributed by atoms with Crippen LogP contribution in [0.25, 0.3) is 17.0 Å². The largest absolute Gasteiger partial charge is 0.481 e. The fourth-order valence-corrected chi connectivity index (χ4v) is 5.26. The highest BCUT2D eigenvalue weighted by Crippen LogP contribution is 2.31. The fourth-order valence-electron chi connectivity index (χ4n) is 5.26. The Hall–Kier alpha value is -3.63. The number of aliphatic hydroxyl groups excluding tert-OH is 1. The third kappa shape index (κ3) is 7.80. The summed E-state index contributed by atoms with van der Waals surface area (Å²) in [6.07, 6.45) is 3.82. The van der Waals surface area contributed by atoms with E-state index in [2.05, 4.69) is 9.88 Å². The van der Waals surface area contributed by atoms with E-state index in [1.54, 1.807) is 43.9 Å². The molecule has 1 aliphatic rings. The van der Waals surface area contributed by atoms with Crippen LogP contribution in [-0.4, -0.2) is 77.5 Å². The van der Waals surface area contributed by atoms with Crippen LogP contribution in [-0.2, 0) is 4.74 Å². The van der Waals surface area contributed by atoms with Crippen LogP contribution < -0.4 is 4.74 Å². The molecule has 1 amide bonds. The molecule has 1 aliphatic heterocycles. The Balaban J connectivity index is 1.47. The van der Waals surface area contributed by atoms with Gasteiger partial charge in [0.15, 0.2) is 0 Å². The molecular weight excluding hydrogens is 547 g/mol. The summed E-state index contributed by atoms with van der Waals surface area (Å²) >= 11 is 0. The summed E-state index contributed by atoms with van der Waals surface area (Å²) in [5, 5.41) is 11.0. The highest BCUT2D eigenvalue weighted by atomic mass is 19.1. The molecule has 4 rings (SSSR count). The number of hydrogen-bond donors (Lipinski definition) is 1. The normalized spacial score (nSPS) is 15.7. The van der Waals surface area contributed by atoms with Crippen LogP contribution >= 0.6 is 0 Å². The number of piperidine rings is 1. The topological polar surface area (TPSA) is 75.1 Å². The number of likely N-dealkylation sites (tertiary alicyclic amines) is 1. The number of carbonyl (C=O) groups is 1. The number of halogens is 3. The average Bonchev–Trinajstić information content (AvgIpc) is 2.95. The number of rotatable bonds is 9. The molecule has 1 aromatic heterocycles. The number of hydrogen-bond acceptors (Lipinski definition) is 6. The van der Waals surface area contributed by atoms with Crippen molar-refractivity contribution >= 4 is 23.1 Å². The number of benzene rings is 2. The maximum atomic E-state index is 15.1. The summed E-state index contributed by atoms with van der Waals surface area (Å²) in [6.45, 7) is 6.87. The molecule has 0 bridgehead atoms. The first-order valence-electron chi connectivity index (χ1n) is 14.1. The summed E-state index contributed by atoms with van der Waals surface area (Å²) < 4.78 is 53.7. The van der Waals surface area contributed by atoms with Crippen LogP contribution in [0, 0.1) is 17.5 Å². The maximum absolute atomic E-state index is 15.1. The van der Waals surface area contributed by atoms with E-state index in [0.29, 0.717) is 49.4 Å². The summed E-state index contributed by atoms with van der Waals surface area (Å²) in [7, 11) is 1.50. The SMILES string of the molecule is COc1ccc2ccc(F)c(C(CO)CN3CCC(N(CC=Cc4cc(F)ccc4F)C(=O)OC(C)(C)C)CC3)c2n1. The van der Waals surface area contributed by atoms with Crippen LogP contribution in [0.4, 0.5) is 18.0 Å². The van der Waals surface area contributed by atoms with Crippen LogP contribution in [0.2, 0.25) is 0 Å². The lowest BCUT2D eigenvalue weighted by atomic mass is 9.94. The Morgan fingerprint density at radius 3 is 2.48 bits per heavy atom. The summed E-state index contributed by atoms with van der Waals surface area (Å²) in [6, 6.07) is 9.63. The van der Waals surface area contributed by atoms with Gasteiger partial charge < -0.3 is 24.4 Å². The highest BCUT2D eigenvalue weighted by Gasteiger charge is 2.32. The summed E-state index contributed by atoms with van der Waals surface area (Å²) in [5.41, 5.74) is 0.195. The number of methoxy groups -OCH3 is 1. The minimum atomic E-state index is -0.706. The number of fused-ring (bicyclic) bond motifs is 1. The number of amides is 1. The van der Waals surface area contributed by atoms with Gasteiger partial charge in [-0.1, -0.05) is 12.2 Å². The van der Waals surface area contributed by atoms with E-state index in [1.807, 2.05) is 6.07 Å². The van der Waals surface area contributed by atoms with Gasteiger partial charge in [-0.15, -0.1) is 0 Å². The molecule has 2 aromatic carbocycles. The molecule has 2 heterocycles. The average molecular weight is 586 g/mol. The lowest BCUT2D eigenvalue weighted by molar-refractivity contribution is 0.0108. The standard InChI is InChI=1S/C32H38F3N3O4/c1-32(2,3)42-31(40)38(15-5-6-22-18-24(33)9-11-26(22)34)25-13-16-37(17-14-25)19-23(20-39)29-27(35)10-7-21-8-12-28(41-4)36-30(21)29/h5-12,18,23,25,39H,13-17,19-20H2,1-4H3. The molecule has 10 heteroatoms. The van der Waals surface area contributed by atoms with Gasteiger partial charge in [0.05, 0.1) is 19.2 Å². The number of ether oxygens (including phenoxy) is 2. The molecule has 0 saturated carbocycles. The van der Waals surface area contributed by atoms with Gasteiger partial charge >= 0.3 is 6.09 Å². The number of aliphatic hydroxyl groups is 1. The maximum Gasteiger partial charge on any atom is 0.410 e. The molecule has 1 atom stereocenters. The first-order valence-corrected chi connectivity index (χ1v) is 14.1. The monoisotopic (exact) mass is 585 g/mol. The van der Waals surface area contributed by atoms with Gasteiger partial charge in [0.1, 0.15) is 23.1 Å². The van der Waals surface area contributed by atoms with E-state index in [-0.39, 0.29) is 24.8 Å². The van der Waals surface area contributed by atoms with E-state index >= 15 is 4.39 Å². The van der Waals surface area contributed by atoms with Gasteiger partial charge in [0.2, 0.25) is 5.88 Å². The fraction of sp³-hybridized carbons (Fsp3) is 0.438. The van der Waals surface area contributed by atoms with Gasteiger partial charge in [-0.05, 0) is 70.0 Å². The third-order valence-electron chi connectivity index (χ3n) is 7.32. The molecular formula is C32H38F3N3O4. The van der Waals surface area contributed by atoms with Crippen molar-refractivity contribution in [1.29, 1.82) is 0 Å². The molecule has 1 saturated heterocycles. The van der Waals surface area contributed by atoms with Crippen LogP contribution in [0.15, 0.2) is 48.5 Å². The molecule has 7 nitrogen and oxygen atoms in total. The Bertz CT molecular complexity index is 1420. The van der Waals surface area contributed by atoms with Gasteiger partial charge in [0.25, 0.3) is 0 Å². The van der Waals surface area contributed by atoms with Gasteiger partial charge in [-0.2, -0.15) is 0 Å². The highest BCUT2D eigenvalue weighted by molar-refractivity contribution is 5.83. The summed E-state index contributed by atoms with van der Waals surface area (Å²) in [5.74, 6) is -1.69. The van der Waals surface area contributed by atoms with Crippen molar-refractivity contribution in [3.05, 3.63) is 77.1 Å². The molecule has 42 heavy (non-hydrogen) atoms.